The van der Waals surface area contributed by atoms with Crippen LogP contribution in [0.15, 0.2) is 24.3 Å². The number of carbonyl (C=O) groups excluding carboxylic acids is 2. The van der Waals surface area contributed by atoms with Gasteiger partial charge in [-0.15, -0.1) is 0 Å². The van der Waals surface area contributed by atoms with Crippen LogP contribution in [-0.2, 0) is 27.3 Å². The summed E-state index contributed by atoms with van der Waals surface area (Å²) >= 11 is 1.76. The Kier molecular flexibility index (Phi) is 9.87. The molecule has 0 aliphatic rings. The molecular formula is C29H38N4O4S. The number of rotatable bonds is 9. The zero-order chi connectivity index (χ0) is 28.1. The molecule has 0 aliphatic carbocycles. The summed E-state index contributed by atoms with van der Waals surface area (Å²) < 4.78 is 3.72. The average molecular weight is 539 g/mol. The summed E-state index contributed by atoms with van der Waals surface area (Å²) in [6.07, 6.45) is 3.53. The molecule has 0 saturated heterocycles. The zero-order valence-electron chi connectivity index (χ0n) is 23.3. The molecule has 4 aromatic rings. The highest BCUT2D eigenvalue weighted by atomic mass is 32.2. The van der Waals surface area contributed by atoms with E-state index in [0.29, 0.717) is 18.1 Å². The Hall–Kier alpha value is -3.01. The molecule has 204 valence electrons. The predicted octanol–water partition coefficient (Wildman–Crippen LogP) is 4.91. The molecule has 0 aliphatic heterocycles. The summed E-state index contributed by atoms with van der Waals surface area (Å²) in [5, 5.41) is 18.5. The first-order chi connectivity index (χ1) is 18.0. The highest BCUT2D eigenvalue weighted by molar-refractivity contribution is 7.98. The van der Waals surface area contributed by atoms with Gasteiger partial charge in [0.2, 0.25) is 0 Å². The lowest BCUT2D eigenvalue weighted by Gasteiger charge is -2.08. The molecule has 2 N–H and O–H groups in total. The standard InChI is InChI=1S/C15H20N2O2S.C14H18N2O2/c1-10-7-13-12(16-15(9-18)17(13)2)8-11(10)14(19)5-4-6-20-3;1-8(2)14(18)10-6-11-12(5-9(10)3)16(4)13(7-17)15-11/h7-8,18H,4-6,9H2,1-3H3;5-6,8,17H,7H2,1-4H3. The second kappa shape index (κ2) is 12.7. The summed E-state index contributed by atoms with van der Waals surface area (Å²) in [4.78, 5) is 33.0. The van der Waals surface area contributed by atoms with E-state index < -0.39 is 0 Å². The van der Waals surface area contributed by atoms with Crippen LogP contribution in [0.1, 0.15) is 70.2 Å². The van der Waals surface area contributed by atoms with Gasteiger partial charge in [0.15, 0.2) is 11.6 Å². The molecule has 8 nitrogen and oxygen atoms in total. The molecular weight excluding hydrogens is 500 g/mol. The number of aryl methyl sites for hydroxylation is 4. The highest BCUT2D eigenvalue weighted by Gasteiger charge is 2.17. The van der Waals surface area contributed by atoms with Crippen molar-refractivity contribution in [3.8, 4) is 0 Å². The number of imidazole rings is 2. The van der Waals surface area contributed by atoms with Gasteiger partial charge in [-0.3, -0.25) is 9.59 Å². The Morgan fingerprint density at radius 3 is 1.79 bits per heavy atom. The number of hydrogen-bond acceptors (Lipinski definition) is 7. The van der Waals surface area contributed by atoms with E-state index in [2.05, 4.69) is 9.97 Å². The van der Waals surface area contributed by atoms with Crippen molar-refractivity contribution in [1.29, 1.82) is 0 Å². The number of hydrogen-bond donors (Lipinski definition) is 2. The van der Waals surface area contributed by atoms with Crippen LogP contribution in [-0.4, -0.2) is 52.9 Å². The fourth-order valence-electron chi connectivity index (χ4n) is 4.46. The Bertz CT molecular complexity index is 1470. The van der Waals surface area contributed by atoms with Crippen LogP contribution in [0.4, 0.5) is 0 Å². The first-order valence-electron chi connectivity index (χ1n) is 12.7. The summed E-state index contributed by atoms with van der Waals surface area (Å²) in [6.45, 7) is 7.47. The number of nitrogens with zero attached hydrogens (tertiary/aromatic N) is 4. The largest absolute Gasteiger partial charge is 0.388 e. The number of carbonyl (C=O) groups is 2. The lowest BCUT2D eigenvalue weighted by atomic mass is 9.96. The molecule has 4 rings (SSSR count). The number of Topliss-reactive ketones (excluding diaryl/α,β-unsaturated/α-hetero) is 2. The van der Waals surface area contributed by atoms with Gasteiger partial charge in [0.25, 0.3) is 0 Å². The van der Waals surface area contributed by atoms with Crippen molar-refractivity contribution in [3.05, 3.63) is 58.2 Å². The average Bonchev–Trinajstić information content (AvgIpc) is 3.37. The van der Waals surface area contributed by atoms with E-state index in [1.165, 1.54) is 0 Å². The van der Waals surface area contributed by atoms with Crippen LogP contribution < -0.4 is 0 Å². The maximum absolute atomic E-state index is 12.3. The number of aromatic nitrogens is 4. The maximum atomic E-state index is 12.3. The molecule has 0 radical (unpaired) electrons. The van der Waals surface area contributed by atoms with Gasteiger partial charge in [0, 0.05) is 37.6 Å². The summed E-state index contributed by atoms with van der Waals surface area (Å²) in [6, 6.07) is 7.61. The number of fused-ring (bicyclic) bond motifs is 2. The minimum atomic E-state index is -0.0995. The number of aliphatic hydroxyl groups excluding tert-OH is 2. The normalized spacial score (nSPS) is 11.3. The Morgan fingerprint density at radius 1 is 0.868 bits per heavy atom. The van der Waals surface area contributed by atoms with Gasteiger partial charge >= 0.3 is 0 Å². The number of benzene rings is 2. The lowest BCUT2D eigenvalue weighted by molar-refractivity contribution is 0.0937. The van der Waals surface area contributed by atoms with Gasteiger partial charge in [-0.05, 0) is 67.7 Å². The number of aliphatic hydroxyl groups is 2. The van der Waals surface area contributed by atoms with E-state index in [1.54, 1.807) is 11.8 Å². The molecule has 9 heteroatoms. The van der Waals surface area contributed by atoms with E-state index in [-0.39, 0.29) is 30.7 Å². The molecule has 0 atom stereocenters. The Balaban J connectivity index is 0.000000212. The molecule has 2 heterocycles. The number of thioether (sulfide) groups is 1. The highest BCUT2D eigenvalue weighted by Crippen LogP contribution is 2.23. The fourth-order valence-corrected chi connectivity index (χ4v) is 4.89. The van der Waals surface area contributed by atoms with Crippen molar-refractivity contribution < 1.29 is 19.8 Å². The third kappa shape index (κ3) is 6.17. The van der Waals surface area contributed by atoms with Gasteiger partial charge in [-0.1, -0.05) is 13.8 Å². The summed E-state index contributed by atoms with van der Waals surface area (Å²) in [5.74, 6) is 2.51. The topological polar surface area (TPSA) is 110 Å². The van der Waals surface area contributed by atoms with E-state index >= 15 is 0 Å². The van der Waals surface area contributed by atoms with Crippen molar-refractivity contribution >= 4 is 45.4 Å². The van der Waals surface area contributed by atoms with Crippen LogP contribution in [0.2, 0.25) is 0 Å². The van der Waals surface area contributed by atoms with Gasteiger partial charge in [-0.2, -0.15) is 11.8 Å². The van der Waals surface area contributed by atoms with Crippen LogP contribution in [0.5, 0.6) is 0 Å². The predicted molar refractivity (Wildman–Crippen MR) is 154 cm³/mol. The van der Waals surface area contributed by atoms with Gasteiger partial charge in [0.1, 0.15) is 24.9 Å². The third-order valence-corrected chi connectivity index (χ3v) is 7.46. The van der Waals surface area contributed by atoms with E-state index in [0.717, 1.165) is 56.5 Å². The minimum absolute atomic E-state index is 0.0258. The smallest absolute Gasteiger partial charge is 0.165 e. The second-order valence-corrected chi connectivity index (χ2v) is 10.8. The van der Waals surface area contributed by atoms with Crippen LogP contribution in [0.3, 0.4) is 0 Å². The van der Waals surface area contributed by atoms with E-state index in [9.17, 15) is 19.8 Å². The Morgan fingerprint density at radius 2 is 1.34 bits per heavy atom. The van der Waals surface area contributed by atoms with Gasteiger partial charge in [0.05, 0.1) is 22.1 Å². The lowest BCUT2D eigenvalue weighted by Crippen LogP contribution is -2.09. The molecule has 0 unspecified atom stereocenters. The first kappa shape index (κ1) is 29.5. The van der Waals surface area contributed by atoms with Crippen LogP contribution >= 0.6 is 11.8 Å². The minimum Gasteiger partial charge on any atom is -0.388 e. The van der Waals surface area contributed by atoms with E-state index in [4.69, 9.17) is 0 Å². The molecule has 2 aromatic heterocycles. The molecule has 0 bridgehead atoms. The number of ketones is 2. The molecule has 0 spiro atoms. The van der Waals surface area contributed by atoms with Crippen molar-refractivity contribution in [3.63, 3.8) is 0 Å². The second-order valence-electron chi connectivity index (χ2n) is 9.84. The van der Waals surface area contributed by atoms with Crippen LogP contribution in [0, 0.1) is 19.8 Å². The van der Waals surface area contributed by atoms with Crippen molar-refractivity contribution in [2.75, 3.05) is 12.0 Å². The molecule has 0 amide bonds. The van der Waals surface area contributed by atoms with E-state index in [1.807, 2.05) is 81.4 Å². The van der Waals surface area contributed by atoms with Crippen molar-refractivity contribution in [2.45, 2.75) is 53.8 Å². The van der Waals surface area contributed by atoms with Crippen molar-refractivity contribution in [2.24, 2.45) is 20.0 Å². The first-order valence-corrected chi connectivity index (χ1v) is 14.1. The molecule has 2 aromatic carbocycles. The van der Waals surface area contributed by atoms with Gasteiger partial charge < -0.3 is 19.3 Å². The fraction of sp³-hybridized carbons (Fsp3) is 0.448. The SMILES string of the molecule is CSCCCC(=O)c1cc2nc(CO)n(C)c2cc1C.Cc1cc2c(cc1C(=O)C(C)C)nc(CO)n2C. The monoisotopic (exact) mass is 538 g/mol. The Labute approximate surface area is 228 Å². The summed E-state index contributed by atoms with van der Waals surface area (Å²) in [7, 11) is 3.74. The third-order valence-electron chi connectivity index (χ3n) is 6.76. The summed E-state index contributed by atoms with van der Waals surface area (Å²) in [5.41, 5.74) is 6.82. The maximum Gasteiger partial charge on any atom is 0.165 e. The molecule has 38 heavy (non-hydrogen) atoms. The van der Waals surface area contributed by atoms with Gasteiger partial charge in [-0.25, -0.2) is 9.97 Å². The molecule has 0 saturated carbocycles. The van der Waals surface area contributed by atoms with Crippen LogP contribution in [0.25, 0.3) is 22.1 Å². The molecule has 0 fully saturated rings. The van der Waals surface area contributed by atoms with Crippen molar-refractivity contribution in [1.82, 2.24) is 19.1 Å². The zero-order valence-corrected chi connectivity index (χ0v) is 24.1. The quantitative estimate of drug-likeness (QED) is 0.230.